The average molecular weight is 499 g/mol. The van der Waals surface area contributed by atoms with Gasteiger partial charge in [0, 0.05) is 18.8 Å². The minimum atomic E-state index is -1.01. The van der Waals surface area contributed by atoms with Crippen molar-refractivity contribution < 1.29 is 18.7 Å². The maximum atomic E-state index is 14.0. The van der Waals surface area contributed by atoms with Crippen LogP contribution in [0, 0.1) is 29.6 Å². The van der Waals surface area contributed by atoms with Gasteiger partial charge in [0.1, 0.15) is 11.5 Å². The van der Waals surface area contributed by atoms with Gasteiger partial charge in [-0.3, -0.25) is 10.1 Å². The summed E-state index contributed by atoms with van der Waals surface area (Å²) >= 11 is 6.25. The Kier molecular flexibility index (Phi) is 6.36. The normalized spacial score (nSPS) is 14.5. The van der Waals surface area contributed by atoms with Crippen LogP contribution in [0.25, 0.3) is 11.4 Å². The molecule has 4 rings (SSSR count). The third kappa shape index (κ3) is 4.90. The SMILES string of the molecule is Cc1cnc(F)c([C@@H](C)OC(=O)Nc2c(-c3ccc(NC(=O)C4(C#N)CC4)c(Cl)n3)nnn2C)c1. The zero-order chi connectivity index (χ0) is 25.3. The van der Waals surface area contributed by atoms with E-state index in [0.717, 1.165) is 5.56 Å². The number of nitriles is 1. The van der Waals surface area contributed by atoms with E-state index in [4.69, 9.17) is 16.3 Å². The number of carbonyl (C=O) groups excluding carboxylic acids is 2. The van der Waals surface area contributed by atoms with E-state index in [0.29, 0.717) is 12.8 Å². The highest BCUT2D eigenvalue weighted by Gasteiger charge is 2.50. The van der Waals surface area contributed by atoms with Gasteiger partial charge in [-0.15, -0.1) is 5.10 Å². The molecule has 1 atom stereocenters. The van der Waals surface area contributed by atoms with Crippen LogP contribution in [0.15, 0.2) is 24.4 Å². The molecule has 2 N–H and O–H groups in total. The number of rotatable bonds is 6. The van der Waals surface area contributed by atoms with E-state index < -0.39 is 29.5 Å². The monoisotopic (exact) mass is 498 g/mol. The molecular formula is C22H20ClFN8O3. The fraction of sp³-hybridized carbons (Fsp3) is 0.318. The lowest BCUT2D eigenvalue weighted by atomic mass is 10.1. The zero-order valence-electron chi connectivity index (χ0n) is 19.0. The Bertz CT molecular complexity index is 1370. The van der Waals surface area contributed by atoms with E-state index in [1.165, 1.54) is 29.9 Å². The first-order valence-electron chi connectivity index (χ1n) is 10.5. The molecule has 35 heavy (non-hydrogen) atoms. The summed E-state index contributed by atoms with van der Waals surface area (Å²) in [6.45, 7) is 3.27. The fourth-order valence-electron chi connectivity index (χ4n) is 3.30. The third-order valence-corrected chi connectivity index (χ3v) is 5.80. The Morgan fingerprint density at radius 2 is 2.09 bits per heavy atom. The molecule has 0 saturated heterocycles. The van der Waals surface area contributed by atoms with Crippen LogP contribution in [0.2, 0.25) is 5.15 Å². The zero-order valence-corrected chi connectivity index (χ0v) is 19.7. The predicted molar refractivity (Wildman–Crippen MR) is 123 cm³/mol. The van der Waals surface area contributed by atoms with Crippen LogP contribution in [-0.2, 0) is 16.6 Å². The molecule has 1 aliphatic carbocycles. The number of nitrogens with one attached hydrogen (secondary N) is 2. The van der Waals surface area contributed by atoms with Gasteiger partial charge < -0.3 is 10.1 Å². The number of hydrogen-bond donors (Lipinski definition) is 2. The van der Waals surface area contributed by atoms with E-state index >= 15 is 0 Å². The molecule has 1 saturated carbocycles. The van der Waals surface area contributed by atoms with Gasteiger partial charge in [0.05, 0.1) is 17.5 Å². The lowest BCUT2D eigenvalue weighted by Crippen LogP contribution is -2.23. The molecule has 13 heteroatoms. The van der Waals surface area contributed by atoms with E-state index in [-0.39, 0.29) is 33.6 Å². The van der Waals surface area contributed by atoms with E-state index in [1.807, 2.05) is 6.07 Å². The van der Waals surface area contributed by atoms with E-state index in [2.05, 4.69) is 30.9 Å². The molecule has 0 unspecified atom stereocenters. The quantitative estimate of drug-likeness (QED) is 0.486. The van der Waals surface area contributed by atoms with Crippen molar-refractivity contribution in [2.24, 2.45) is 12.5 Å². The van der Waals surface area contributed by atoms with Crippen molar-refractivity contribution in [3.05, 3.63) is 46.6 Å². The first-order valence-corrected chi connectivity index (χ1v) is 10.9. The third-order valence-electron chi connectivity index (χ3n) is 5.51. The molecular weight excluding hydrogens is 479 g/mol. The smallest absolute Gasteiger partial charge is 0.413 e. The minimum Gasteiger partial charge on any atom is -0.441 e. The number of anilines is 2. The Morgan fingerprint density at radius 1 is 1.34 bits per heavy atom. The Hall–Kier alpha value is -4.11. The number of aromatic nitrogens is 5. The van der Waals surface area contributed by atoms with Crippen molar-refractivity contribution in [3.8, 4) is 17.5 Å². The summed E-state index contributed by atoms with van der Waals surface area (Å²) in [5.74, 6) is -1.01. The number of hydrogen-bond acceptors (Lipinski definition) is 8. The molecule has 3 heterocycles. The standard InChI is InChI=1S/C22H20ClFN8O3/c1-11-8-13(18(24)26-9-11)12(2)35-21(34)29-19-16(30-31-32(19)3)14-4-5-15(17(23)27-14)28-20(33)22(10-25)6-7-22/h4-5,8-9,12H,6-7H2,1-3H3,(H,28,33)(H,29,34)/t12-/m1/s1. The maximum Gasteiger partial charge on any atom is 0.413 e. The molecule has 0 spiro atoms. The largest absolute Gasteiger partial charge is 0.441 e. The summed E-state index contributed by atoms with van der Waals surface area (Å²) in [5, 5.41) is 22.2. The number of carbonyl (C=O) groups is 2. The minimum absolute atomic E-state index is 0.0279. The highest BCUT2D eigenvalue weighted by molar-refractivity contribution is 6.32. The van der Waals surface area contributed by atoms with Gasteiger partial charge in [0.2, 0.25) is 11.9 Å². The molecule has 3 aromatic heterocycles. The average Bonchev–Trinajstić information content (AvgIpc) is 3.55. The molecule has 0 aliphatic heterocycles. The summed E-state index contributed by atoms with van der Waals surface area (Å²) < 4.78 is 20.6. The number of pyridine rings is 2. The number of ether oxygens (including phenoxy) is 1. The van der Waals surface area contributed by atoms with Gasteiger partial charge >= 0.3 is 6.09 Å². The molecule has 11 nitrogen and oxygen atoms in total. The lowest BCUT2D eigenvalue weighted by molar-refractivity contribution is -0.119. The van der Waals surface area contributed by atoms with Gasteiger partial charge in [-0.05, 0) is 50.5 Å². The lowest BCUT2D eigenvalue weighted by Gasteiger charge is -2.15. The molecule has 1 aliphatic rings. The fourth-order valence-corrected chi connectivity index (χ4v) is 3.50. The summed E-state index contributed by atoms with van der Waals surface area (Å²) in [6, 6.07) is 6.61. The van der Waals surface area contributed by atoms with Crippen molar-refractivity contribution in [3.63, 3.8) is 0 Å². The van der Waals surface area contributed by atoms with Crippen molar-refractivity contribution in [2.45, 2.75) is 32.8 Å². The topological polar surface area (TPSA) is 148 Å². The highest BCUT2D eigenvalue weighted by atomic mass is 35.5. The van der Waals surface area contributed by atoms with E-state index in [9.17, 15) is 19.2 Å². The van der Waals surface area contributed by atoms with Gasteiger partial charge in [-0.1, -0.05) is 16.8 Å². The number of aryl methyl sites for hydroxylation is 2. The van der Waals surface area contributed by atoms with Crippen LogP contribution in [-0.4, -0.2) is 37.0 Å². The predicted octanol–water partition coefficient (Wildman–Crippen LogP) is 3.93. The Labute approximate surface area is 204 Å². The highest BCUT2D eigenvalue weighted by Crippen LogP contribution is 2.46. The first-order chi connectivity index (χ1) is 16.6. The van der Waals surface area contributed by atoms with Crippen LogP contribution in [0.5, 0.6) is 0 Å². The van der Waals surface area contributed by atoms with Gasteiger partial charge in [-0.2, -0.15) is 9.65 Å². The van der Waals surface area contributed by atoms with Crippen LogP contribution in [0.4, 0.5) is 20.7 Å². The van der Waals surface area contributed by atoms with Crippen LogP contribution < -0.4 is 10.6 Å². The van der Waals surface area contributed by atoms with E-state index in [1.54, 1.807) is 20.0 Å². The molecule has 0 radical (unpaired) electrons. The van der Waals surface area contributed by atoms with Crippen LogP contribution in [0.1, 0.15) is 37.0 Å². The van der Waals surface area contributed by atoms with Crippen molar-refractivity contribution in [2.75, 3.05) is 10.6 Å². The van der Waals surface area contributed by atoms with Crippen molar-refractivity contribution in [1.82, 2.24) is 25.0 Å². The second kappa shape index (κ2) is 9.27. The van der Waals surface area contributed by atoms with Crippen LogP contribution in [0.3, 0.4) is 0 Å². The molecule has 3 aromatic rings. The number of nitrogens with zero attached hydrogens (tertiary/aromatic N) is 6. The molecule has 1 fully saturated rings. The summed E-state index contributed by atoms with van der Waals surface area (Å²) in [4.78, 5) is 32.7. The maximum absolute atomic E-state index is 14.0. The summed E-state index contributed by atoms with van der Waals surface area (Å²) in [5.41, 5.74) is 0.536. The second-order valence-corrected chi connectivity index (χ2v) is 8.52. The Morgan fingerprint density at radius 3 is 2.74 bits per heavy atom. The number of halogens is 2. The second-order valence-electron chi connectivity index (χ2n) is 8.16. The van der Waals surface area contributed by atoms with Gasteiger partial charge in [0.15, 0.2) is 16.7 Å². The summed E-state index contributed by atoms with van der Waals surface area (Å²) in [7, 11) is 1.55. The molecule has 0 bridgehead atoms. The summed E-state index contributed by atoms with van der Waals surface area (Å²) in [6.07, 6.45) is 0.586. The van der Waals surface area contributed by atoms with Gasteiger partial charge in [-0.25, -0.2) is 19.4 Å². The molecule has 0 aromatic carbocycles. The number of amides is 2. The van der Waals surface area contributed by atoms with Gasteiger partial charge in [0.25, 0.3) is 0 Å². The van der Waals surface area contributed by atoms with Crippen molar-refractivity contribution >= 4 is 35.1 Å². The van der Waals surface area contributed by atoms with Crippen LogP contribution >= 0.6 is 11.6 Å². The molecule has 180 valence electrons. The Balaban J connectivity index is 1.50. The van der Waals surface area contributed by atoms with Crippen molar-refractivity contribution in [1.29, 1.82) is 5.26 Å². The first kappa shape index (κ1) is 24.0. The molecule has 2 amide bonds.